The second-order valence-corrected chi connectivity index (χ2v) is 3.75. The van der Waals surface area contributed by atoms with Crippen molar-refractivity contribution in [1.29, 1.82) is 0 Å². The molecule has 0 fully saturated rings. The molecule has 2 aromatic carbocycles. The molecule has 0 bridgehead atoms. The van der Waals surface area contributed by atoms with E-state index in [9.17, 15) is 9.18 Å². The third-order valence-electron chi connectivity index (χ3n) is 2.53. The molecule has 0 saturated heterocycles. The molecule has 0 spiro atoms. The van der Waals surface area contributed by atoms with E-state index in [0.29, 0.717) is 5.69 Å². The molecule has 2 aromatic rings. The zero-order valence-corrected chi connectivity index (χ0v) is 9.72. The fourth-order valence-corrected chi connectivity index (χ4v) is 1.68. The summed E-state index contributed by atoms with van der Waals surface area (Å²) in [5.41, 5.74) is 1.91. The van der Waals surface area contributed by atoms with Gasteiger partial charge < -0.3 is 10.4 Å². The Morgan fingerprint density at radius 1 is 1.11 bits per heavy atom. The molecule has 0 aliphatic rings. The largest absolute Gasteiger partial charge is 0.478 e. The number of benzene rings is 2. The molecule has 0 saturated carbocycles. The van der Waals surface area contributed by atoms with Gasteiger partial charge in [-0.1, -0.05) is 18.2 Å². The Bertz CT molecular complexity index is 602. The minimum absolute atomic E-state index is 0.0406. The highest BCUT2D eigenvalue weighted by atomic mass is 19.1. The number of nitrogens with one attached hydrogen (secondary N) is 2. The molecule has 19 heavy (non-hydrogen) atoms. The monoisotopic (exact) mass is 262 g/mol. The maximum Gasteiger partial charge on any atom is 0.340 e. The second-order valence-electron chi connectivity index (χ2n) is 3.75. The Morgan fingerprint density at radius 2 is 1.79 bits per heavy atom. The molecule has 6 heteroatoms. The van der Waals surface area contributed by atoms with Gasteiger partial charge in [0.25, 0.3) is 0 Å². The summed E-state index contributed by atoms with van der Waals surface area (Å²) in [5, 5.41) is 20.8. The van der Waals surface area contributed by atoms with Crippen LogP contribution in [0.1, 0.15) is 10.4 Å². The fourth-order valence-electron chi connectivity index (χ4n) is 1.68. The molecule has 2 rings (SSSR count). The van der Waals surface area contributed by atoms with E-state index in [0.717, 1.165) is 6.07 Å². The number of rotatable bonds is 4. The van der Waals surface area contributed by atoms with Gasteiger partial charge in [-0.05, 0) is 24.3 Å². The van der Waals surface area contributed by atoms with Crippen LogP contribution in [0.2, 0.25) is 0 Å². The summed E-state index contributed by atoms with van der Waals surface area (Å²) in [6.07, 6.45) is 0. The van der Waals surface area contributed by atoms with Crippen molar-refractivity contribution in [2.75, 3.05) is 10.8 Å². The van der Waals surface area contributed by atoms with Gasteiger partial charge in [-0.25, -0.2) is 9.18 Å². The number of aromatic carboxylic acids is 1. The van der Waals surface area contributed by atoms with Crippen LogP contribution in [-0.2, 0) is 0 Å². The van der Waals surface area contributed by atoms with Crippen molar-refractivity contribution in [3.63, 3.8) is 0 Å². The van der Waals surface area contributed by atoms with E-state index in [1.165, 1.54) is 6.07 Å². The first-order valence-electron chi connectivity index (χ1n) is 5.41. The first kappa shape index (κ1) is 12.8. The summed E-state index contributed by atoms with van der Waals surface area (Å²) in [5.74, 6) is -2.31. The number of para-hydroxylation sites is 1. The predicted octanol–water partition coefficient (Wildman–Crippen LogP) is 3.07. The number of carbonyl (C=O) groups is 1. The number of hydrogen-bond acceptors (Lipinski definition) is 4. The lowest BCUT2D eigenvalue weighted by atomic mass is 10.1. The normalized spacial score (nSPS) is 10.0. The van der Waals surface area contributed by atoms with E-state index in [1.807, 2.05) is 5.48 Å². The SMILES string of the molecule is O=C(O)c1c(F)ccc(NO)c1Nc1ccccc1. The maximum atomic E-state index is 13.6. The van der Waals surface area contributed by atoms with Crippen LogP contribution in [0.4, 0.5) is 21.5 Å². The Labute approximate surface area is 108 Å². The Kier molecular flexibility index (Phi) is 3.63. The standard InChI is InChI=1S/C13H11FN2O3/c14-9-6-7-10(16-19)12(11(9)13(17)18)15-8-4-2-1-3-5-8/h1-7,15-16,19H,(H,17,18). The molecule has 0 aliphatic heterocycles. The minimum atomic E-state index is -1.42. The van der Waals surface area contributed by atoms with Gasteiger partial charge >= 0.3 is 5.97 Å². The summed E-state index contributed by atoms with van der Waals surface area (Å²) in [7, 11) is 0. The molecule has 0 heterocycles. The summed E-state index contributed by atoms with van der Waals surface area (Å²) < 4.78 is 13.6. The maximum absolute atomic E-state index is 13.6. The van der Waals surface area contributed by atoms with Crippen molar-refractivity contribution in [3.05, 3.63) is 53.8 Å². The lowest BCUT2D eigenvalue weighted by Crippen LogP contribution is -2.08. The van der Waals surface area contributed by atoms with Gasteiger partial charge in [0.1, 0.15) is 11.4 Å². The van der Waals surface area contributed by atoms with Crippen LogP contribution in [0.5, 0.6) is 0 Å². The fraction of sp³-hybridized carbons (Fsp3) is 0. The van der Waals surface area contributed by atoms with Crippen molar-refractivity contribution in [3.8, 4) is 0 Å². The first-order chi connectivity index (χ1) is 9.13. The molecule has 0 unspecified atom stereocenters. The van der Waals surface area contributed by atoms with Crippen LogP contribution in [0.15, 0.2) is 42.5 Å². The van der Waals surface area contributed by atoms with E-state index in [-0.39, 0.29) is 11.4 Å². The summed E-state index contributed by atoms with van der Waals surface area (Å²) >= 11 is 0. The molecule has 0 amide bonds. The first-order valence-corrected chi connectivity index (χ1v) is 5.41. The molecule has 0 radical (unpaired) electrons. The van der Waals surface area contributed by atoms with E-state index in [4.69, 9.17) is 10.3 Å². The third-order valence-corrected chi connectivity index (χ3v) is 2.53. The number of hydrogen-bond donors (Lipinski definition) is 4. The molecular formula is C13H11FN2O3. The third kappa shape index (κ3) is 2.63. The van der Waals surface area contributed by atoms with Gasteiger partial charge in [0.2, 0.25) is 0 Å². The molecule has 0 atom stereocenters. The molecule has 0 aromatic heterocycles. The Morgan fingerprint density at radius 3 is 2.37 bits per heavy atom. The van der Waals surface area contributed by atoms with Crippen LogP contribution in [-0.4, -0.2) is 16.3 Å². The zero-order valence-electron chi connectivity index (χ0n) is 9.72. The summed E-state index contributed by atoms with van der Waals surface area (Å²) in [4.78, 5) is 11.1. The van der Waals surface area contributed by atoms with Crippen molar-refractivity contribution in [2.45, 2.75) is 0 Å². The van der Waals surface area contributed by atoms with Crippen LogP contribution < -0.4 is 10.8 Å². The quantitative estimate of drug-likeness (QED) is 0.637. The van der Waals surface area contributed by atoms with Gasteiger partial charge in [-0.2, -0.15) is 0 Å². The van der Waals surface area contributed by atoms with Crippen molar-refractivity contribution >= 4 is 23.0 Å². The highest BCUT2D eigenvalue weighted by Crippen LogP contribution is 2.31. The van der Waals surface area contributed by atoms with E-state index in [1.54, 1.807) is 30.3 Å². The molecule has 98 valence electrons. The Balaban J connectivity index is 2.53. The van der Waals surface area contributed by atoms with Crippen LogP contribution >= 0.6 is 0 Å². The van der Waals surface area contributed by atoms with Crippen molar-refractivity contribution < 1.29 is 19.5 Å². The van der Waals surface area contributed by atoms with Gasteiger partial charge in [-0.15, -0.1) is 0 Å². The number of carboxylic acids is 1. The highest BCUT2D eigenvalue weighted by molar-refractivity contribution is 5.99. The summed E-state index contributed by atoms with van der Waals surface area (Å²) in [6.45, 7) is 0. The number of anilines is 3. The smallest absolute Gasteiger partial charge is 0.340 e. The van der Waals surface area contributed by atoms with Gasteiger partial charge in [-0.3, -0.25) is 10.7 Å². The van der Waals surface area contributed by atoms with E-state index in [2.05, 4.69) is 5.32 Å². The van der Waals surface area contributed by atoms with Gasteiger partial charge in [0, 0.05) is 5.69 Å². The Hall–Kier alpha value is -2.60. The van der Waals surface area contributed by atoms with Gasteiger partial charge in [0.15, 0.2) is 0 Å². The molecular weight excluding hydrogens is 251 g/mol. The van der Waals surface area contributed by atoms with Crippen molar-refractivity contribution in [1.82, 2.24) is 0 Å². The van der Waals surface area contributed by atoms with E-state index >= 15 is 0 Å². The minimum Gasteiger partial charge on any atom is -0.478 e. The van der Waals surface area contributed by atoms with Crippen LogP contribution in [0.3, 0.4) is 0 Å². The number of carboxylic acid groups (broad SMARTS) is 1. The van der Waals surface area contributed by atoms with Crippen LogP contribution in [0, 0.1) is 5.82 Å². The topological polar surface area (TPSA) is 81.6 Å². The lowest BCUT2D eigenvalue weighted by molar-refractivity contribution is 0.0693. The second kappa shape index (κ2) is 5.36. The molecule has 4 N–H and O–H groups in total. The van der Waals surface area contributed by atoms with Crippen molar-refractivity contribution in [2.24, 2.45) is 0 Å². The summed E-state index contributed by atoms with van der Waals surface area (Å²) in [6, 6.07) is 10.9. The molecule has 5 nitrogen and oxygen atoms in total. The predicted molar refractivity (Wildman–Crippen MR) is 68.5 cm³/mol. The average Bonchev–Trinajstić information content (AvgIpc) is 2.40. The van der Waals surface area contributed by atoms with Gasteiger partial charge in [0.05, 0.1) is 11.4 Å². The molecule has 0 aliphatic carbocycles. The zero-order chi connectivity index (χ0) is 13.8. The lowest BCUT2D eigenvalue weighted by Gasteiger charge is -2.14. The van der Waals surface area contributed by atoms with Crippen LogP contribution in [0.25, 0.3) is 0 Å². The number of halogens is 1. The highest BCUT2D eigenvalue weighted by Gasteiger charge is 2.19. The van der Waals surface area contributed by atoms with E-state index < -0.39 is 17.3 Å². The average molecular weight is 262 g/mol.